The molecule has 0 radical (unpaired) electrons. The Labute approximate surface area is 166 Å². The summed E-state index contributed by atoms with van der Waals surface area (Å²) in [6.07, 6.45) is 0.789. The molecule has 0 saturated carbocycles. The van der Waals surface area contributed by atoms with Gasteiger partial charge >= 0.3 is 5.97 Å². The number of rotatable bonds is 7. The molecule has 154 valence electrons. The van der Waals surface area contributed by atoms with Crippen molar-refractivity contribution in [1.29, 1.82) is 0 Å². The van der Waals surface area contributed by atoms with Gasteiger partial charge in [-0.2, -0.15) is 0 Å². The number of hydrogen-bond donors (Lipinski definition) is 1. The number of ether oxygens (including phenoxy) is 1. The van der Waals surface area contributed by atoms with Crippen LogP contribution < -0.4 is 10.6 Å². The second kappa shape index (κ2) is 8.53. The lowest BCUT2D eigenvalue weighted by Crippen LogP contribution is -2.45. The summed E-state index contributed by atoms with van der Waals surface area (Å²) >= 11 is 0. The fourth-order valence-corrected chi connectivity index (χ4v) is 3.44. The van der Waals surface area contributed by atoms with Crippen molar-refractivity contribution < 1.29 is 9.53 Å². The van der Waals surface area contributed by atoms with E-state index in [2.05, 4.69) is 59.4 Å². The number of carbonyl (C=O) groups is 1. The Hall–Kier alpha value is -1.71. The highest BCUT2D eigenvalue weighted by molar-refractivity contribution is 5.77. The molecule has 4 nitrogen and oxygen atoms in total. The quantitative estimate of drug-likeness (QED) is 0.509. The van der Waals surface area contributed by atoms with Crippen molar-refractivity contribution in [3.63, 3.8) is 0 Å². The molecular weight excluding hydrogens is 336 g/mol. The molecule has 1 unspecified atom stereocenters. The van der Waals surface area contributed by atoms with Gasteiger partial charge in [-0.15, -0.1) is 0 Å². The summed E-state index contributed by atoms with van der Waals surface area (Å²) in [6.45, 7) is 20.9. The molecule has 0 aromatic heterocycles. The van der Waals surface area contributed by atoms with Crippen LogP contribution in [0.4, 0.5) is 11.4 Å². The summed E-state index contributed by atoms with van der Waals surface area (Å²) in [5.41, 5.74) is 8.24. The summed E-state index contributed by atoms with van der Waals surface area (Å²) in [5.74, 6) is -0.102. The van der Waals surface area contributed by atoms with Crippen LogP contribution in [-0.4, -0.2) is 25.7 Å². The van der Waals surface area contributed by atoms with E-state index in [1.54, 1.807) is 0 Å². The zero-order valence-electron chi connectivity index (χ0n) is 18.9. The molecule has 2 N–H and O–H groups in total. The van der Waals surface area contributed by atoms with E-state index in [0.29, 0.717) is 13.2 Å². The van der Waals surface area contributed by atoms with E-state index in [4.69, 9.17) is 10.5 Å². The van der Waals surface area contributed by atoms with Gasteiger partial charge in [-0.05, 0) is 61.8 Å². The van der Waals surface area contributed by atoms with Crippen molar-refractivity contribution in [3.05, 3.63) is 23.8 Å². The minimum Gasteiger partial charge on any atom is -0.463 e. The van der Waals surface area contributed by atoms with E-state index in [0.717, 1.165) is 29.9 Å². The second-order valence-electron chi connectivity index (χ2n) is 10.1. The van der Waals surface area contributed by atoms with Gasteiger partial charge in [0, 0.05) is 17.9 Å². The number of anilines is 2. The molecule has 0 spiro atoms. The van der Waals surface area contributed by atoms with E-state index < -0.39 is 5.41 Å². The fourth-order valence-electron chi connectivity index (χ4n) is 3.44. The van der Waals surface area contributed by atoms with Gasteiger partial charge in [-0.3, -0.25) is 4.79 Å². The van der Waals surface area contributed by atoms with E-state index in [9.17, 15) is 4.79 Å². The van der Waals surface area contributed by atoms with Crippen LogP contribution in [-0.2, 0) is 9.53 Å². The maximum atomic E-state index is 13.0. The van der Waals surface area contributed by atoms with Gasteiger partial charge in [-0.1, -0.05) is 41.5 Å². The average Bonchev–Trinajstić information content (AvgIpc) is 2.51. The third kappa shape index (κ3) is 6.15. The van der Waals surface area contributed by atoms with Gasteiger partial charge in [0.25, 0.3) is 0 Å². The Bertz CT molecular complexity index is 641. The Morgan fingerprint density at radius 1 is 1.11 bits per heavy atom. The molecule has 1 aromatic rings. The smallest absolute Gasteiger partial charge is 0.312 e. The molecule has 0 fully saturated rings. The normalized spacial score (nSPS) is 14.6. The largest absolute Gasteiger partial charge is 0.463 e. The number of carbonyl (C=O) groups excluding carboxylic acids is 1. The molecule has 4 heteroatoms. The van der Waals surface area contributed by atoms with Crippen LogP contribution in [0.1, 0.15) is 67.4 Å². The van der Waals surface area contributed by atoms with Crippen molar-refractivity contribution in [2.45, 2.75) is 68.7 Å². The maximum Gasteiger partial charge on any atom is 0.312 e. The number of hydrogen-bond acceptors (Lipinski definition) is 4. The van der Waals surface area contributed by atoms with Crippen LogP contribution in [0.2, 0.25) is 0 Å². The number of likely N-dealkylation sites (N-methyl/N-ethyl adjacent to an activating group) is 1. The highest BCUT2D eigenvalue weighted by atomic mass is 16.5. The van der Waals surface area contributed by atoms with Gasteiger partial charge < -0.3 is 15.4 Å². The van der Waals surface area contributed by atoms with Crippen molar-refractivity contribution in [3.8, 4) is 0 Å². The monoisotopic (exact) mass is 376 g/mol. The fraction of sp³-hybridized carbons (Fsp3) is 0.696. The SMILES string of the molecule is CCN(CCOC(=O)C(C)(CC(C)(C)C)C(C)(C)C)c1ccc(N)c(C)c1. The predicted octanol–water partition coefficient (Wildman–Crippen LogP) is 5.44. The first-order chi connectivity index (χ1) is 12.2. The van der Waals surface area contributed by atoms with Crippen molar-refractivity contribution >= 4 is 17.3 Å². The third-order valence-corrected chi connectivity index (χ3v) is 5.58. The standard InChI is InChI=1S/C23H40N2O2/c1-10-25(18-11-12-19(24)17(2)15-18)13-14-27-20(26)23(9,22(6,7)8)16-21(3,4)5/h11-12,15H,10,13-14,16,24H2,1-9H3. The van der Waals surface area contributed by atoms with Crippen molar-refractivity contribution in [2.24, 2.45) is 16.2 Å². The first-order valence-corrected chi connectivity index (χ1v) is 9.99. The molecule has 0 aliphatic heterocycles. The summed E-state index contributed by atoms with van der Waals surface area (Å²) in [5, 5.41) is 0. The molecular formula is C23H40N2O2. The zero-order valence-corrected chi connectivity index (χ0v) is 18.9. The highest BCUT2D eigenvalue weighted by Gasteiger charge is 2.47. The predicted molar refractivity (Wildman–Crippen MR) is 116 cm³/mol. The molecule has 1 rings (SSSR count). The van der Waals surface area contributed by atoms with E-state index in [1.807, 2.05) is 26.0 Å². The minimum absolute atomic E-state index is 0.0536. The van der Waals surface area contributed by atoms with Crippen LogP contribution in [0.15, 0.2) is 18.2 Å². The van der Waals surface area contributed by atoms with Gasteiger partial charge in [0.2, 0.25) is 0 Å². The van der Waals surface area contributed by atoms with Gasteiger partial charge in [0.05, 0.1) is 12.0 Å². The number of nitrogens with zero attached hydrogens (tertiary/aromatic N) is 1. The summed E-state index contributed by atoms with van der Waals surface area (Å²) < 4.78 is 5.78. The van der Waals surface area contributed by atoms with Crippen molar-refractivity contribution in [2.75, 3.05) is 30.3 Å². The van der Waals surface area contributed by atoms with Crippen LogP contribution in [0, 0.1) is 23.2 Å². The Kier molecular flexibility index (Phi) is 7.37. The Morgan fingerprint density at radius 2 is 1.70 bits per heavy atom. The number of nitrogens with two attached hydrogens (primary N) is 1. The maximum absolute atomic E-state index is 13.0. The van der Waals surface area contributed by atoms with E-state index in [-0.39, 0.29) is 16.8 Å². The summed E-state index contributed by atoms with van der Waals surface area (Å²) in [6, 6.07) is 6.03. The van der Waals surface area contributed by atoms with E-state index >= 15 is 0 Å². The first-order valence-electron chi connectivity index (χ1n) is 9.99. The lowest BCUT2D eigenvalue weighted by molar-refractivity contribution is -0.164. The molecule has 27 heavy (non-hydrogen) atoms. The molecule has 0 saturated heterocycles. The van der Waals surface area contributed by atoms with Crippen LogP contribution in [0.5, 0.6) is 0 Å². The number of nitrogen functional groups attached to an aromatic ring is 1. The number of esters is 1. The van der Waals surface area contributed by atoms with Crippen molar-refractivity contribution in [1.82, 2.24) is 0 Å². The van der Waals surface area contributed by atoms with E-state index in [1.165, 1.54) is 0 Å². The topological polar surface area (TPSA) is 55.6 Å². The minimum atomic E-state index is -0.528. The van der Waals surface area contributed by atoms with Crippen LogP contribution >= 0.6 is 0 Å². The summed E-state index contributed by atoms with van der Waals surface area (Å²) in [7, 11) is 0. The molecule has 1 atom stereocenters. The van der Waals surface area contributed by atoms with Crippen LogP contribution in [0.3, 0.4) is 0 Å². The first kappa shape index (κ1) is 23.3. The Balaban J connectivity index is 2.81. The molecule has 0 aliphatic carbocycles. The second-order valence-corrected chi connectivity index (χ2v) is 10.1. The molecule has 1 aromatic carbocycles. The molecule has 0 heterocycles. The highest BCUT2D eigenvalue weighted by Crippen LogP contribution is 2.47. The number of aryl methyl sites for hydroxylation is 1. The lowest BCUT2D eigenvalue weighted by atomic mass is 9.61. The van der Waals surface area contributed by atoms with Gasteiger partial charge in [-0.25, -0.2) is 0 Å². The zero-order chi connectivity index (χ0) is 21.0. The van der Waals surface area contributed by atoms with Gasteiger partial charge in [0.1, 0.15) is 6.61 Å². The van der Waals surface area contributed by atoms with Crippen LogP contribution in [0.25, 0.3) is 0 Å². The summed E-state index contributed by atoms with van der Waals surface area (Å²) in [4.78, 5) is 15.2. The average molecular weight is 377 g/mol. The van der Waals surface area contributed by atoms with Gasteiger partial charge in [0.15, 0.2) is 0 Å². The molecule has 0 aliphatic rings. The molecule has 0 bridgehead atoms. The number of benzene rings is 1. The lowest BCUT2D eigenvalue weighted by Gasteiger charge is -2.43. The Morgan fingerprint density at radius 3 is 2.15 bits per heavy atom. The molecule has 0 amide bonds. The third-order valence-electron chi connectivity index (χ3n) is 5.58.